The van der Waals surface area contributed by atoms with E-state index in [0.29, 0.717) is 28.6 Å². The number of carbonyl (C=O) groups excluding carboxylic acids is 1. The Morgan fingerprint density at radius 1 is 1.52 bits per heavy atom. The number of nitrogens with one attached hydrogen (secondary N) is 1. The van der Waals surface area contributed by atoms with Gasteiger partial charge in [0.1, 0.15) is 17.2 Å². The van der Waals surface area contributed by atoms with Crippen molar-refractivity contribution in [2.24, 2.45) is 5.73 Å². The van der Waals surface area contributed by atoms with Gasteiger partial charge in [-0.05, 0) is 32.0 Å². The molecule has 27 heavy (non-hydrogen) atoms. The molecule has 0 spiro atoms. The van der Waals surface area contributed by atoms with Crippen LogP contribution in [0, 0.1) is 0 Å². The third kappa shape index (κ3) is 3.13. The molecule has 0 bridgehead atoms. The van der Waals surface area contributed by atoms with Gasteiger partial charge in [-0.25, -0.2) is 9.50 Å². The second-order valence-electron chi connectivity index (χ2n) is 7.08. The van der Waals surface area contributed by atoms with Gasteiger partial charge < -0.3 is 15.8 Å². The number of aromatic nitrogens is 3. The number of halogens is 1. The van der Waals surface area contributed by atoms with Crippen molar-refractivity contribution in [1.29, 1.82) is 0 Å². The lowest BCUT2D eigenvalue weighted by molar-refractivity contribution is 0.112. The van der Waals surface area contributed by atoms with Crippen molar-refractivity contribution >= 4 is 29.4 Å². The Kier molecular flexibility index (Phi) is 4.28. The summed E-state index contributed by atoms with van der Waals surface area (Å²) in [6, 6.07) is 5.52. The maximum absolute atomic E-state index is 11.1. The highest BCUT2D eigenvalue weighted by Crippen LogP contribution is 2.42. The van der Waals surface area contributed by atoms with Crippen LogP contribution in [-0.4, -0.2) is 33.0 Å². The number of benzene rings is 1. The fourth-order valence-electron chi connectivity index (χ4n) is 3.40. The Labute approximate surface area is 161 Å². The van der Waals surface area contributed by atoms with Crippen LogP contribution in [0.3, 0.4) is 0 Å². The lowest BCUT2D eigenvalue weighted by Gasteiger charge is -2.23. The van der Waals surface area contributed by atoms with Crippen LogP contribution in [0.4, 0.5) is 5.82 Å². The van der Waals surface area contributed by atoms with E-state index in [4.69, 9.17) is 22.1 Å². The quantitative estimate of drug-likeness (QED) is 0.655. The van der Waals surface area contributed by atoms with Gasteiger partial charge in [0, 0.05) is 35.3 Å². The lowest BCUT2D eigenvalue weighted by Crippen LogP contribution is -2.39. The monoisotopic (exact) mass is 385 g/mol. The molecule has 4 rings (SSSR count). The van der Waals surface area contributed by atoms with Crippen molar-refractivity contribution in [2.75, 3.05) is 11.9 Å². The van der Waals surface area contributed by atoms with Gasteiger partial charge in [-0.3, -0.25) is 4.79 Å². The standard InChI is InChI=1S/C19H20ClN5O2/c1-11(23-16-3-4-25-18(24-16)13(9-26)8-22-25)15-6-14(20)5-12-7-19(2,10-21)27-17(12)15/h3-6,8-9,11H,7,10,21H2,1-2H3,(H,23,24)/t11-,19?/m1/s1. The molecule has 3 N–H and O–H groups in total. The molecule has 2 atom stereocenters. The lowest BCUT2D eigenvalue weighted by atomic mass is 9.97. The van der Waals surface area contributed by atoms with Crippen molar-refractivity contribution in [3.8, 4) is 5.75 Å². The number of fused-ring (bicyclic) bond motifs is 2. The van der Waals surface area contributed by atoms with Crippen molar-refractivity contribution in [2.45, 2.75) is 31.9 Å². The maximum atomic E-state index is 11.1. The van der Waals surface area contributed by atoms with Crippen LogP contribution >= 0.6 is 11.6 Å². The predicted molar refractivity (Wildman–Crippen MR) is 104 cm³/mol. The number of nitrogens with two attached hydrogens (primary N) is 1. The average Bonchev–Trinajstić information content (AvgIpc) is 3.21. The molecule has 3 heterocycles. The summed E-state index contributed by atoms with van der Waals surface area (Å²) >= 11 is 6.33. The van der Waals surface area contributed by atoms with E-state index in [0.717, 1.165) is 29.6 Å². The van der Waals surface area contributed by atoms with Gasteiger partial charge in [0.15, 0.2) is 11.9 Å². The first-order chi connectivity index (χ1) is 12.9. The fraction of sp³-hybridized carbons (Fsp3) is 0.316. The van der Waals surface area contributed by atoms with E-state index in [1.54, 1.807) is 16.8 Å². The van der Waals surface area contributed by atoms with Crippen LogP contribution in [0.5, 0.6) is 5.75 Å². The molecule has 0 radical (unpaired) electrons. The summed E-state index contributed by atoms with van der Waals surface area (Å²) in [7, 11) is 0. The number of rotatable bonds is 5. The van der Waals surface area contributed by atoms with E-state index >= 15 is 0 Å². The fourth-order valence-corrected chi connectivity index (χ4v) is 3.65. The zero-order valence-electron chi connectivity index (χ0n) is 15.1. The molecule has 1 aromatic carbocycles. The molecular formula is C19H20ClN5O2. The zero-order chi connectivity index (χ0) is 19.2. The Morgan fingerprint density at radius 3 is 3.07 bits per heavy atom. The van der Waals surface area contributed by atoms with E-state index in [9.17, 15) is 4.79 Å². The molecule has 0 fully saturated rings. The minimum atomic E-state index is -0.422. The van der Waals surface area contributed by atoms with E-state index in [1.807, 2.05) is 26.0 Å². The smallest absolute Gasteiger partial charge is 0.167 e. The normalized spacial score (nSPS) is 19.6. The number of carbonyl (C=O) groups is 1. The molecule has 8 heteroatoms. The molecule has 1 aliphatic heterocycles. The Balaban J connectivity index is 1.67. The number of ether oxygens (including phenoxy) is 1. The summed E-state index contributed by atoms with van der Waals surface area (Å²) in [4.78, 5) is 15.6. The number of aldehydes is 1. The Hall–Kier alpha value is -2.64. The van der Waals surface area contributed by atoms with Gasteiger partial charge in [0.25, 0.3) is 0 Å². The van der Waals surface area contributed by atoms with Crippen molar-refractivity contribution in [3.63, 3.8) is 0 Å². The number of anilines is 1. The molecule has 0 amide bonds. The largest absolute Gasteiger partial charge is 0.485 e. The van der Waals surface area contributed by atoms with Crippen LogP contribution in [0.1, 0.15) is 41.4 Å². The van der Waals surface area contributed by atoms with Crippen LogP contribution < -0.4 is 15.8 Å². The van der Waals surface area contributed by atoms with Gasteiger partial charge >= 0.3 is 0 Å². The van der Waals surface area contributed by atoms with Crippen LogP contribution in [-0.2, 0) is 6.42 Å². The summed E-state index contributed by atoms with van der Waals surface area (Å²) in [5.74, 6) is 1.46. The van der Waals surface area contributed by atoms with E-state index in [1.165, 1.54) is 6.20 Å². The van der Waals surface area contributed by atoms with Crippen molar-refractivity contribution in [3.05, 3.63) is 52.3 Å². The van der Waals surface area contributed by atoms with Crippen LogP contribution in [0.15, 0.2) is 30.6 Å². The minimum Gasteiger partial charge on any atom is -0.485 e. The second kappa shape index (κ2) is 6.51. The topological polar surface area (TPSA) is 94.5 Å². The first kappa shape index (κ1) is 17.8. The minimum absolute atomic E-state index is 0.116. The summed E-state index contributed by atoms with van der Waals surface area (Å²) in [5.41, 5.74) is 8.41. The number of hydrogen-bond donors (Lipinski definition) is 2. The molecular weight excluding hydrogens is 366 g/mol. The number of hydrogen-bond acceptors (Lipinski definition) is 6. The Bertz CT molecular complexity index is 1030. The van der Waals surface area contributed by atoms with Crippen LogP contribution in [0.2, 0.25) is 5.02 Å². The molecule has 1 unspecified atom stereocenters. The van der Waals surface area contributed by atoms with Crippen molar-refractivity contribution < 1.29 is 9.53 Å². The second-order valence-corrected chi connectivity index (χ2v) is 7.52. The van der Waals surface area contributed by atoms with E-state index in [-0.39, 0.29) is 6.04 Å². The number of nitrogens with zero attached hydrogens (tertiary/aromatic N) is 3. The molecule has 3 aromatic rings. The summed E-state index contributed by atoms with van der Waals surface area (Å²) < 4.78 is 7.74. The van der Waals surface area contributed by atoms with Crippen molar-refractivity contribution in [1.82, 2.24) is 14.6 Å². The highest BCUT2D eigenvalue weighted by atomic mass is 35.5. The SMILES string of the molecule is C[C@@H](Nc1ccn2ncc(C=O)c2n1)c1cc(Cl)cc2c1OC(C)(CN)C2. The average molecular weight is 386 g/mol. The summed E-state index contributed by atoms with van der Waals surface area (Å²) in [6.07, 6.45) is 4.72. The first-order valence-electron chi connectivity index (χ1n) is 8.70. The third-order valence-corrected chi connectivity index (χ3v) is 5.08. The molecule has 140 valence electrons. The van der Waals surface area contributed by atoms with Gasteiger partial charge in [-0.2, -0.15) is 5.10 Å². The van der Waals surface area contributed by atoms with Gasteiger partial charge in [0.2, 0.25) is 0 Å². The summed E-state index contributed by atoms with van der Waals surface area (Å²) in [5, 5.41) is 8.11. The molecule has 2 aromatic heterocycles. The first-order valence-corrected chi connectivity index (χ1v) is 9.08. The third-order valence-electron chi connectivity index (χ3n) is 4.86. The van der Waals surface area contributed by atoms with Crippen LogP contribution in [0.25, 0.3) is 5.65 Å². The zero-order valence-corrected chi connectivity index (χ0v) is 15.8. The molecule has 7 nitrogen and oxygen atoms in total. The predicted octanol–water partition coefficient (Wildman–Crippen LogP) is 3.02. The highest BCUT2D eigenvalue weighted by Gasteiger charge is 2.36. The van der Waals surface area contributed by atoms with E-state index in [2.05, 4.69) is 15.4 Å². The van der Waals surface area contributed by atoms with Gasteiger partial charge in [-0.15, -0.1) is 0 Å². The Morgan fingerprint density at radius 2 is 2.33 bits per heavy atom. The molecule has 1 aliphatic rings. The van der Waals surface area contributed by atoms with Gasteiger partial charge in [-0.1, -0.05) is 11.6 Å². The molecule has 0 saturated heterocycles. The molecule has 0 saturated carbocycles. The molecule has 0 aliphatic carbocycles. The van der Waals surface area contributed by atoms with Gasteiger partial charge in [0.05, 0.1) is 17.8 Å². The summed E-state index contributed by atoms with van der Waals surface area (Å²) in [6.45, 7) is 4.43. The van der Waals surface area contributed by atoms with E-state index < -0.39 is 5.60 Å². The maximum Gasteiger partial charge on any atom is 0.167 e. The highest BCUT2D eigenvalue weighted by molar-refractivity contribution is 6.30.